The molecule has 11 rings (SSSR count). The fraction of sp³-hybridized carbons (Fsp3) is 0.0877. The Kier molecular flexibility index (Phi) is 8.76. The summed E-state index contributed by atoms with van der Waals surface area (Å²) in [5.74, 6) is 0. The van der Waals surface area contributed by atoms with E-state index in [1.165, 1.54) is 83.2 Å². The molecule has 2 aliphatic carbocycles. The third-order valence-corrected chi connectivity index (χ3v) is 13.3. The van der Waals surface area contributed by atoms with E-state index in [4.69, 9.17) is 12.6 Å². The fourth-order valence-electron chi connectivity index (χ4n) is 9.77. The highest BCUT2D eigenvalue weighted by Gasteiger charge is 2.35. The lowest BCUT2D eigenvalue weighted by Gasteiger charge is -2.30. The van der Waals surface area contributed by atoms with Gasteiger partial charge in [0, 0.05) is 49.2 Å². The van der Waals surface area contributed by atoms with Crippen molar-refractivity contribution in [3.63, 3.8) is 0 Å². The van der Waals surface area contributed by atoms with Crippen LogP contribution in [-0.4, -0.2) is 4.98 Å². The standard InChI is InChI=1S/C57H44N2S/c1-57(2)52-21-6-3-17-48(52)51-36-40(28-33-53(51)57)38-26-31-44(32-27-38)59(43-29-24-37(25-30-43)39-12-9-13-41(34-39)46-16-5-8-23-55(46)60)45-15-10-14-42(35-45)47-19-11-20-50-49-18-4-7-22-54(49)58-56(47)50/h3-24,26-29,31-36,58,60H,25,30H2,1-2H3. The molecule has 0 spiro atoms. The van der Waals surface area contributed by atoms with Gasteiger partial charge in [-0.15, -0.1) is 12.6 Å². The molecule has 9 aromatic rings. The van der Waals surface area contributed by atoms with Crippen LogP contribution < -0.4 is 4.90 Å². The number of aromatic amines is 1. The zero-order chi connectivity index (χ0) is 40.4. The van der Waals surface area contributed by atoms with Crippen molar-refractivity contribution in [1.29, 1.82) is 0 Å². The first kappa shape index (κ1) is 36.3. The molecule has 0 amide bonds. The largest absolute Gasteiger partial charge is 0.354 e. The van der Waals surface area contributed by atoms with Gasteiger partial charge in [0.25, 0.3) is 0 Å². The van der Waals surface area contributed by atoms with Crippen molar-refractivity contribution in [1.82, 2.24) is 4.98 Å². The lowest BCUT2D eigenvalue weighted by molar-refractivity contribution is 0.660. The van der Waals surface area contributed by atoms with Gasteiger partial charge >= 0.3 is 0 Å². The van der Waals surface area contributed by atoms with Gasteiger partial charge in [-0.25, -0.2) is 0 Å². The van der Waals surface area contributed by atoms with Gasteiger partial charge in [-0.3, -0.25) is 0 Å². The molecule has 2 nitrogen and oxygen atoms in total. The molecule has 0 saturated heterocycles. The molecule has 288 valence electrons. The van der Waals surface area contributed by atoms with Crippen molar-refractivity contribution in [2.75, 3.05) is 4.90 Å². The number of H-pyrrole nitrogens is 1. The second-order valence-electron chi connectivity index (χ2n) is 16.7. The minimum atomic E-state index is -0.00802. The van der Waals surface area contributed by atoms with E-state index in [0.29, 0.717) is 0 Å². The molecule has 1 N–H and O–H groups in total. The quantitative estimate of drug-likeness (QED) is 0.154. The highest BCUT2D eigenvalue weighted by molar-refractivity contribution is 7.80. The topological polar surface area (TPSA) is 19.0 Å². The molecular weight excluding hydrogens is 745 g/mol. The zero-order valence-electron chi connectivity index (χ0n) is 33.8. The summed E-state index contributed by atoms with van der Waals surface area (Å²) >= 11 is 4.76. The van der Waals surface area contributed by atoms with Crippen LogP contribution >= 0.6 is 12.6 Å². The van der Waals surface area contributed by atoms with Gasteiger partial charge < -0.3 is 9.88 Å². The van der Waals surface area contributed by atoms with Gasteiger partial charge in [0.1, 0.15) is 0 Å². The number of hydrogen-bond donors (Lipinski definition) is 2. The number of aromatic nitrogens is 1. The van der Waals surface area contributed by atoms with E-state index in [2.05, 4.69) is 212 Å². The monoisotopic (exact) mass is 788 g/mol. The smallest absolute Gasteiger partial charge is 0.0544 e. The van der Waals surface area contributed by atoms with Gasteiger partial charge in [0.05, 0.1) is 5.52 Å². The Morgan fingerprint density at radius 3 is 1.97 bits per heavy atom. The summed E-state index contributed by atoms with van der Waals surface area (Å²) in [6.45, 7) is 4.68. The zero-order valence-corrected chi connectivity index (χ0v) is 34.7. The predicted octanol–water partition coefficient (Wildman–Crippen LogP) is 15.8. The van der Waals surface area contributed by atoms with E-state index in [-0.39, 0.29) is 5.41 Å². The van der Waals surface area contributed by atoms with E-state index in [1.54, 1.807) is 0 Å². The van der Waals surface area contributed by atoms with Gasteiger partial charge in [0.2, 0.25) is 0 Å². The minimum Gasteiger partial charge on any atom is -0.354 e. The molecule has 1 heterocycles. The van der Waals surface area contributed by atoms with Gasteiger partial charge in [-0.2, -0.15) is 0 Å². The van der Waals surface area contributed by atoms with Crippen molar-refractivity contribution in [3.05, 3.63) is 217 Å². The molecule has 1 aromatic heterocycles. The maximum absolute atomic E-state index is 4.76. The molecule has 0 radical (unpaired) electrons. The first-order chi connectivity index (χ1) is 29.4. The average Bonchev–Trinajstić information content (AvgIpc) is 3.79. The van der Waals surface area contributed by atoms with Crippen molar-refractivity contribution < 1.29 is 0 Å². The molecule has 0 unspecified atom stereocenters. The van der Waals surface area contributed by atoms with Gasteiger partial charge in [-0.05, 0) is 129 Å². The number of para-hydroxylation sites is 2. The summed E-state index contributed by atoms with van der Waals surface area (Å²) in [4.78, 5) is 7.19. The summed E-state index contributed by atoms with van der Waals surface area (Å²) in [7, 11) is 0. The van der Waals surface area contributed by atoms with E-state index in [9.17, 15) is 0 Å². The molecular formula is C57H44N2S. The lowest BCUT2D eigenvalue weighted by atomic mass is 9.82. The van der Waals surface area contributed by atoms with E-state index < -0.39 is 0 Å². The summed E-state index contributed by atoms with van der Waals surface area (Å²) in [6, 6.07) is 66.6. The predicted molar refractivity (Wildman–Crippen MR) is 257 cm³/mol. The minimum absolute atomic E-state index is 0.00802. The molecule has 0 fully saturated rings. The second kappa shape index (κ2) is 14.5. The van der Waals surface area contributed by atoms with E-state index >= 15 is 0 Å². The number of benzene rings is 8. The van der Waals surface area contributed by atoms with Crippen molar-refractivity contribution in [3.8, 4) is 44.5 Å². The van der Waals surface area contributed by atoms with Crippen LogP contribution in [0, 0.1) is 0 Å². The Hall–Kier alpha value is -6.81. The second-order valence-corrected chi connectivity index (χ2v) is 17.2. The summed E-state index contributed by atoms with van der Waals surface area (Å²) < 4.78 is 0. The SMILES string of the molecule is CC1(C)c2ccccc2-c2cc(-c3ccc(N(C4=CC=C(c5cccc(-c6ccccc6S)c5)CC4)c4cccc(-c5cccc6c5[nH]c5ccccc56)c4)cc3)ccc21. The van der Waals surface area contributed by atoms with Crippen LogP contribution in [0.3, 0.4) is 0 Å². The van der Waals surface area contributed by atoms with Crippen molar-refractivity contribution in [2.45, 2.75) is 37.0 Å². The molecule has 3 heteroatoms. The molecule has 2 aliphatic rings. The third kappa shape index (κ3) is 6.12. The summed E-state index contributed by atoms with van der Waals surface area (Å²) in [5, 5.41) is 2.49. The van der Waals surface area contributed by atoms with Crippen LogP contribution in [0.4, 0.5) is 11.4 Å². The summed E-state index contributed by atoms with van der Waals surface area (Å²) in [5.41, 5.74) is 21.1. The first-order valence-electron chi connectivity index (χ1n) is 20.9. The molecule has 0 aliphatic heterocycles. The Balaban J connectivity index is 0.991. The Morgan fingerprint density at radius 2 is 1.13 bits per heavy atom. The molecule has 0 bridgehead atoms. The Morgan fingerprint density at radius 1 is 0.467 bits per heavy atom. The third-order valence-electron chi connectivity index (χ3n) is 12.9. The molecule has 0 saturated carbocycles. The number of hydrogen-bond acceptors (Lipinski definition) is 2. The normalized spacial score (nSPS) is 14.1. The van der Waals surface area contributed by atoms with Crippen LogP contribution in [0.15, 0.2) is 205 Å². The summed E-state index contributed by atoms with van der Waals surface area (Å²) in [6.07, 6.45) is 6.50. The highest BCUT2D eigenvalue weighted by atomic mass is 32.1. The Bertz CT molecular complexity index is 3200. The lowest BCUT2D eigenvalue weighted by Crippen LogP contribution is -2.18. The highest BCUT2D eigenvalue weighted by Crippen LogP contribution is 2.50. The maximum atomic E-state index is 4.76. The molecule has 8 aromatic carbocycles. The van der Waals surface area contributed by atoms with Crippen molar-refractivity contribution >= 4 is 51.4 Å². The number of nitrogens with one attached hydrogen (secondary N) is 1. The van der Waals surface area contributed by atoms with Crippen molar-refractivity contribution in [2.24, 2.45) is 0 Å². The number of anilines is 2. The number of nitrogens with zero attached hydrogens (tertiary/aromatic N) is 1. The average molecular weight is 789 g/mol. The first-order valence-corrected chi connectivity index (χ1v) is 21.4. The number of thiol groups is 1. The van der Waals surface area contributed by atoms with E-state index in [0.717, 1.165) is 40.2 Å². The van der Waals surface area contributed by atoms with Crippen LogP contribution in [0.2, 0.25) is 0 Å². The van der Waals surface area contributed by atoms with Crippen LogP contribution in [0.5, 0.6) is 0 Å². The number of rotatable bonds is 7. The molecule has 60 heavy (non-hydrogen) atoms. The fourth-order valence-corrected chi connectivity index (χ4v) is 10.1. The van der Waals surface area contributed by atoms with Crippen LogP contribution in [-0.2, 0) is 5.41 Å². The number of fused-ring (bicyclic) bond motifs is 6. The van der Waals surface area contributed by atoms with Gasteiger partial charge in [-0.1, -0.05) is 153 Å². The maximum Gasteiger partial charge on any atom is 0.0544 e. The van der Waals surface area contributed by atoms with E-state index in [1.807, 2.05) is 6.07 Å². The Labute approximate surface area is 357 Å². The van der Waals surface area contributed by atoms with Crippen LogP contribution in [0.25, 0.3) is 71.9 Å². The van der Waals surface area contributed by atoms with Gasteiger partial charge in [0.15, 0.2) is 0 Å². The molecule has 0 atom stereocenters. The van der Waals surface area contributed by atoms with Crippen LogP contribution in [0.1, 0.15) is 43.4 Å². The number of allylic oxidation sites excluding steroid dienone is 4.